The molecule has 0 rings (SSSR count). The van der Waals surface area contributed by atoms with Gasteiger partial charge in [0.2, 0.25) is 0 Å². The third-order valence-corrected chi connectivity index (χ3v) is 0.289. The van der Waals surface area contributed by atoms with Crippen molar-refractivity contribution in [2.45, 2.75) is 0 Å². The molecule has 30 valence electrons. The van der Waals surface area contributed by atoms with Crippen molar-refractivity contribution in [1.29, 1.82) is 0 Å². The van der Waals surface area contributed by atoms with Gasteiger partial charge in [-0.25, -0.2) is 0 Å². The van der Waals surface area contributed by atoms with E-state index in [1.807, 2.05) is 0 Å². The quantitative estimate of drug-likeness (QED) is 0.462. The smallest absolute Gasteiger partial charge is 0.135 e. The second kappa shape index (κ2) is 3.92. The van der Waals surface area contributed by atoms with E-state index in [0.29, 0.717) is 0 Å². The van der Waals surface area contributed by atoms with Crippen molar-refractivity contribution in [3.63, 3.8) is 0 Å². The van der Waals surface area contributed by atoms with E-state index >= 15 is 0 Å². The molecule has 0 radical (unpaired) electrons. The summed E-state index contributed by atoms with van der Waals surface area (Å²) in [6.45, 7) is -0.219. The predicted molar refractivity (Wildman–Crippen MR) is 21.4 cm³/mol. The Morgan fingerprint density at radius 1 is 2.00 bits per heavy atom. The van der Waals surface area contributed by atoms with Crippen molar-refractivity contribution in [2.75, 3.05) is 6.73 Å². The molecule has 0 aromatic rings. The van der Waals surface area contributed by atoms with Crippen molar-refractivity contribution in [1.82, 2.24) is 0 Å². The summed E-state index contributed by atoms with van der Waals surface area (Å²) in [5.41, 5.74) is 1.03. The molecule has 0 spiro atoms. The van der Waals surface area contributed by atoms with Crippen LogP contribution in [-0.2, 0) is 0 Å². The van der Waals surface area contributed by atoms with Crippen LogP contribution < -0.4 is 0 Å². The lowest BCUT2D eigenvalue weighted by atomic mass is 11.3. The van der Waals surface area contributed by atoms with Gasteiger partial charge in [-0.15, -0.1) is 0 Å². The summed E-state index contributed by atoms with van der Waals surface area (Å²) in [5.74, 6) is 0. The van der Waals surface area contributed by atoms with E-state index < -0.39 is 0 Å². The Morgan fingerprint density at radius 3 is 2.60 bits per heavy atom. The van der Waals surface area contributed by atoms with Crippen molar-refractivity contribution in [3.05, 3.63) is 0 Å². The van der Waals surface area contributed by atoms with E-state index in [2.05, 4.69) is 4.99 Å². The summed E-state index contributed by atoms with van der Waals surface area (Å²) in [6, 6.07) is 0. The van der Waals surface area contributed by atoms with Gasteiger partial charge in [-0.05, 0) is 0 Å². The van der Waals surface area contributed by atoms with E-state index in [1.165, 1.54) is 0 Å². The van der Waals surface area contributed by atoms with Crippen molar-refractivity contribution >= 4 is 17.3 Å². The molecule has 0 saturated heterocycles. The van der Waals surface area contributed by atoms with E-state index in [-0.39, 0.29) is 6.73 Å². The number of hydrogen-bond acceptors (Lipinski definition) is 2. The second-order valence-electron chi connectivity index (χ2n) is 0.422. The molecule has 0 amide bonds. The maximum Gasteiger partial charge on any atom is 0.135 e. The van der Waals surface area contributed by atoms with Crippen molar-refractivity contribution in [3.8, 4) is 0 Å². The highest BCUT2D eigenvalue weighted by Crippen LogP contribution is 1.60. The molecular weight excluding hydrogens is 89.5 g/mol. The van der Waals surface area contributed by atoms with Gasteiger partial charge >= 0.3 is 0 Å². The Morgan fingerprint density at radius 2 is 2.60 bits per heavy atom. The molecule has 1 N–H and O–H groups in total. The zero-order valence-corrected chi connectivity index (χ0v) is 3.31. The molecule has 0 saturated carbocycles. The van der Waals surface area contributed by atoms with Crippen LogP contribution in [0.3, 0.4) is 0 Å². The topological polar surface area (TPSA) is 32.6 Å². The van der Waals surface area contributed by atoms with Crippen molar-refractivity contribution in [2.24, 2.45) is 4.99 Å². The molecule has 0 aliphatic rings. The van der Waals surface area contributed by atoms with Crippen LogP contribution in [0.1, 0.15) is 0 Å². The Kier molecular flexibility index (Phi) is 3.86. The van der Waals surface area contributed by atoms with Crippen molar-refractivity contribution < 1.29 is 5.11 Å². The fourth-order valence-corrected chi connectivity index (χ4v) is 0.0926. The maximum atomic E-state index is 7.78. The number of aliphatic hydroxyl groups excluding tert-OH is 1. The minimum absolute atomic E-state index is 0.219. The van der Waals surface area contributed by atoms with E-state index in [9.17, 15) is 0 Å². The first kappa shape index (κ1) is 4.92. The third-order valence-electron chi connectivity index (χ3n) is 0.151. The molecule has 3 heteroatoms. The number of rotatable bonds is 1. The molecule has 2 nitrogen and oxygen atoms in total. The molecule has 0 bridgehead atoms. The SMILES string of the molecule is OCN=CCl. The highest BCUT2D eigenvalue weighted by Gasteiger charge is 1.53. The molecular formula is C2H4ClNO. The molecule has 0 heterocycles. The molecule has 0 aliphatic carbocycles. The number of aliphatic hydroxyl groups is 1. The van der Waals surface area contributed by atoms with Gasteiger partial charge in [0, 0.05) is 0 Å². The summed E-state index contributed by atoms with van der Waals surface area (Å²) >= 11 is 4.85. The van der Waals surface area contributed by atoms with Crippen LogP contribution in [0.2, 0.25) is 0 Å². The normalized spacial score (nSPS) is 10.0. The van der Waals surface area contributed by atoms with Gasteiger partial charge < -0.3 is 5.11 Å². The number of halogens is 1. The average molecular weight is 93.5 g/mol. The minimum atomic E-state index is -0.219. The fourth-order valence-electron chi connectivity index (χ4n) is 0.0309. The molecule has 0 aliphatic heterocycles. The highest BCUT2D eigenvalue weighted by atomic mass is 35.5. The predicted octanol–water partition coefficient (Wildman–Crippen LogP) is 0.203. The number of nitrogens with zero attached hydrogens (tertiary/aromatic N) is 1. The van der Waals surface area contributed by atoms with Crippen LogP contribution >= 0.6 is 11.6 Å². The van der Waals surface area contributed by atoms with Gasteiger partial charge in [0.25, 0.3) is 0 Å². The Bertz CT molecular complexity index is 36.6. The molecule has 0 aromatic carbocycles. The van der Waals surface area contributed by atoms with Crippen LogP contribution in [0, 0.1) is 0 Å². The van der Waals surface area contributed by atoms with Crippen LogP contribution in [0.5, 0.6) is 0 Å². The van der Waals surface area contributed by atoms with Crippen LogP contribution in [0.15, 0.2) is 4.99 Å². The van der Waals surface area contributed by atoms with Gasteiger partial charge in [-0.1, -0.05) is 11.6 Å². The first-order valence-corrected chi connectivity index (χ1v) is 1.55. The van der Waals surface area contributed by atoms with E-state index in [0.717, 1.165) is 5.67 Å². The van der Waals surface area contributed by atoms with E-state index in [4.69, 9.17) is 16.7 Å². The summed E-state index contributed by atoms with van der Waals surface area (Å²) in [5, 5.41) is 7.78. The molecule has 5 heavy (non-hydrogen) atoms. The van der Waals surface area contributed by atoms with Crippen LogP contribution in [0.4, 0.5) is 0 Å². The van der Waals surface area contributed by atoms with Crippen LogP contribution in [-0.4, -0.2) is 17.5 Å². The van der Waals surface area contributed by atoms with E-state index in [1.54, 1.807) is 0 Å². The average Bonchev–Trinajstić information content (AvgIpc) is 1.41. The monoisotopic (exact) mass is 93.0 g/mol. The standard InChI is InChI=1S/C2H4ClNO/c3-1-4-2-5/h1,5H,2H2. The summed E-state index contributed by atoms with van der Waals surface area (Å²) < 4.78 is 0. The maximum absolute atomic E-state index is 7.78. The third kappa shape index (κ3) is 3.92. The molecule has 0 unspecified atom stereocenters. The Balaban J connectivity index is 2.62. The Hall–Kier alpha value is -0.0800. The fraction of sp³-hybridized carbons (Fsp3) is 0.500. The largest absolute Gasteiger partial charge is 0.375 e. The zero-order chi connectivity index (χ0) is 4.12. The van der Waals surface area contributed by atoms with Gasteiger partial charge in [0.1, 0.15) is 6.73 Å². The lowest BCUT2D eigenvalue weighted by Crippen LogP contribution is -1.67. The molecule has 0 atom stereocenters. The van der Waals surface area contributed by atoms with Gasteiger partial charge in [-0.2, -0.15) is 0 Å². The lowest BCUT2D eigenvalue weighted by Gasteiger charge is -1.67. The molecule has 0 fully saturated rings. The first-order valence-electron chi connectivity index (χ1n) is 1.11. The minimum Gasteiger partial charge on any atom is -0.375 e. The first-order chi connectivity index (χ1) is 2.41. The highest BCUT2D eigenvalue weighted by molar-refractivity contribution is 6.56. The molecule has 0 aromatic heterocycles. The Labute approximate surface area is 35.1 Å². The zero-order valence-electron chi connectivity index (χ0n) is 2.56. The summed E-state index contributed by atoms with van der Waals surface area (Å²) in [4.78, 5) is 3.17. The van der Waals surface area contributed by atoms with Gasteiger partial charge in [0.15, 0.2) is 0 Å². The number of hydrogen-bond donors (Lipinski definition) is 1. The lowest BCUT2D eigenvalue weighted by molar-refractivity contribution is 0.310. The van der Waals surface area contributed by atoms with Gasteiger partial charge in [-0.3, -0.25) is 4.99 Å². The summed E-state index contributed by atoms with van der Waals surface area (Å²) in [7, 11) is 0. The number of aliphatic imine (C=N–C) groups is 1. The summed E-state index contributed by atoms with van der Waals surface area (Å²) in [6.07, 6.45) is 0. The van der Waals surface area contributed by atoms with Gasteiger partial charge in [0.05, 0.1) is 5.67 Å². The second-order valence-corrected chi connectivity index (χ2v) is 0.617. The van der Waals surface area contributed by atoms with Crippen LogP contribution in [0.25, 0.3) is 0 Å².